The summed E-state index contributed by atoms with van der Waals surface area (Å²) in [6.07, 6.45) is 9.36. The van der Waals surface area contributed by atoms with Gasteiger partial charge in [-0.3, -0.25) is 14.7 Å². The van der Waals surface area contributed by atoms with Crippen LogP contribution >= 0.6 is 0 Å². The lowest BCUT2D eigenvalue weighted by Gasteiger charge is -2.12. The molecule has 0 amide bonds. The van der Waals surface area contributed by atoms with E-state index in [0.29, 0.717) is 12.0 Å². The van der Waals surface area contributed by atoms with Crippen molar-refractivity contribution in [1.82, 2.24) is 0 Å². The molecule has 0 aromatic heterocycles. The van der Waals surface area contributed by atoms with Crippen molar-refractivity contribution in [1.29, 1.82) is 0 Å². The zero-order chi connectivity index (χ0) is 17.7. The quantitative estimate of drug-likeness (QED) is 0.301. The summed E-state index contributed by atoms with van der Waals surface area (Å²) >= 11 is 0. The van der Waals surface area contributed by atoms with Crippen LogP contribution in [0.3, 0.4) is 0 Å². The molecule has 7 heteroatoms. The third-order valence-electron chi connectivity index (χ3n) is 4.82. The molecule has 1 aromatic carbocycles. The highest BCUT2D eigenvalue weighted by Crippen LogP contribution is 2.42. The Morgan fingerprint density at radius 3 is 2.50 bits per heavy atom. The highest BCUT2D eigenvalue weighted by molar-refractivity contribution is 7.85. The average Bonchev–Trinajstić information content (AvgIpc) is 2.92. The van der Waals surface area contributed by atoms with Gasteiger partial charge in [-0.1, -0.05) is 45.4 Å². The van der Waals surface area contributed by atoms with Crippen LogP contribution in [0.15, 0.2) is 17.0 Å². The van der Waals surface area contributed by atoms with E-state index in [2.05, 4.69) is 6.92 Å². The van der Waals surface area contributed by atoms with Gasteiger partial charge in [-0.25, -0.2) is 0 Å². The van der Waals surface area contributed by atoms with Crippen molar-refractivity contribution < 1.29 is 17.9 Å². The van der Waals surface area contributed by atoms with Gasteiger partial charge in [0.2, 0.25) is 0 Å². The summed E-state index contributed by atoms with van der Waals surface area (Å²) < 4.78 is 32.1. The maximum Gasteiger partial charge on any atom is 0.294 e. The zero-order valence-electron chi connectivity index (χ0n) is 14.0. The number of benzene rings is 1. The second-order valence-electron chi connectivity index (χ2n) is 6.53. The maximum absolute atomic E-state index is 11.4. The monoisotopic (exact) mass is 355 g/mol. The molecular formula is C17H25NO5S. The van der Waals surface area contributed by atoms with Crippen LogP contribution in [0.4, 0.5) is 5.69 Å². The molecule has 1 aliphatic rings. The Morgan fingerprint density at radius 1 is 1.21 bits per heavy atom. The highest BCUT2D eigenvalue weighted by atomic mass is 32.2. The second kappa shape index (κ2) is 8.07. The summed E-state index contributed by atoms with van der Waals surface area (Å²) in [6, 6.07) is 2.40. The smallest absolute Gasteiger partial charge is 0.282 e. The maximum atomic E-state index is 11.4. The van der Waals surface area contributed by atoms with Crippen molar-refractivity contribution in [3.05, 3.63) is 33.4 Å². The van der Waals surface area contributed by atoms with Crippen LogP contribution < -0.4 is 0 Å². The van der Waals surface area contributed by atoms with Crippen LogP contribution in [-0.4, -0.2) is 17.9 Å². The fourth-order valence-corrected chi connectivity index (χ4v) is 4.08. The Labute approximate surface area is 143 Å². The molecule has 24 heavy (non-hydrogen) atoms. The molecule has 1 N–H and O–H groups in total. The predicted octanol–water partition coefficient (Wildman–Crippen LogP) is 4.62. The molecule has 1 atom stereocenters. The first kappa shape index (κ1) is 18.9. The topological polar surface area (TPSA) is 97.5 Å². The SMILES string of the molecule is CCCCCCCCC1CCc2c1cc(S(=O)(=O)O)cc2[N+](=O)[O-]. The summed E-state index contributed by atoms with van der Waals surface area (Å²) in [4.78, 5) is 10.3. The molecule has 1 aliphatic carbocycles. The van der Waals surface area contributed by atoms with E-state index in [0.717, 1.165) is 37.3 Å². The van der Waals surface area contributed by atoms with Crippen molar-refractivity contribution in [2.24, 2.45) is 0 Å². The van der Waals surface area contributed by atoms with Crippen LogP contribution in [0.5, 0.6) is 0 Å². The van der Waals surface area contributed by atoms with Crippen molar-refractivity contribution in [2.75, 3.05) is 0 Å². The Morgan fingerprint density at radius 2 is 1.88 bits per heavy atom. The average molecular weight is 355 g/mol. The minimum absolute atomic E-state index is 0.145. The van der Waals surface area contributed by atoms with Gasteiger partial charge in [0.25, 0.3) is 15.8 Å². The fraction of sp³-hybridized carbons (Fsp3) is 0.647. The lowest BCUT2D eigenvalue weighted by atomic mass is 9.94. The van der Waals surface area contributed by atoms with Crippen LogP contribution in [0.1, 0.15) is 75.3 Å². The third kappa shape index (κ3) is 4.54. The summed E-state index contributed by atoms with van der Waals surface area (Å²) in [5.41, 5.74) is 1.17. The first-order valence-corrected chi connectivity index (χ1v) is 10.1. The largest absolute Gasteiger partial charge is 0.294 e. The third-order valence-corrected chi connectivity index (χ3v) is 5.65. The number of rotatable bonds is 9. The van der Waals surface area contributed by atoms with Gasteiger partial charge in [-0.15, -0.1) is 0 Å². The molecule has 0 saturated carbocycles. The number of unbranched alkanes of at least 4 members (excludes halogenated alkanes) is 5. The van der Waals surface area contributed by atoms with Crippen molar-refractivity contribution in [3.8, 4) is 0 Å². The van der Waals surface area contributed by atoms with E-state index < -0.39 is 15.0 Å². The van der Waals surface area contributed by atoms with E-state index in [4.69, 9.17) is 0 Å². The van der Waals surface area contributed by atoms with E-state index in [1.165, 1.54) is 31.7 Å². The van der Waals surface area contributed by atoms with Gasteiger partial charge >= 0.3 is 0 Å². The lowest BCUT2D eigenvalue weighted by Crippen LogP contribution is -2.04. The number of nitro groups is 1. The summed E-state index contributed by atoms with van der Waals surface area (Å²) in [7, 11) is -4.44. The molecule has 0 radical (unpaired) electrons. The van der Waals surface area contributed by atoms with Gasteiger partial charge in [0.05, 0.1) is 4.92 Å². The molecule has 2 rings (SSSR count). The number of fused-ring (bicyclic) bond motifs is 1. The molecule has 0 saturated heterocycles. The Hall–Kier alpha value is -1.47. The molecular weight excluding hydrogens is 330 g/mol. The van der Waals surface area contributed by atoms with E-state index in [-0.39, 0.29) is 16.5 Å². The normalized spacial score (nSPS) is 17.0. The molecule has 134 valence electrons. The Balaban J connectivity index is 2.13. The van der Waals surface area contributed by atoms with Crippen molar-refractivity contribution >= 4 is 15.8 Å². The van der Waals surface area contributed by atoms with Crippen LogP contribution in [0.25, 0.3) is 0 Å². The number of nitro benzene ring substituents is 1. The van der Waals surface area contributed by atoms with Gasteiger partial charge < -0.3 is 0 Å². The molecule has 0 spiro atoms. The molecule has 6 nitrogen and oxygen atoms in total. The number of nitrogens with zero attached hydrogens (tertiary/aromatic N) is 1. The minimum Gasteiger partial charge on any atom is -0.282 e. The first-order chi connectivity index (χ1) is 11.3. The molecule has 1 aromatic rings. The van der Waals surface area contributed by atoms with Gasteiger partial charge in [0, 0.05) is 11.6 Å². The predicted molar refractivity (Wildman–Crippen MR) is 92.0 cm³/mol. The molecule has 0 bridgehead atoms. The zero-order valence-corrected chi connectivity index (χ0v) is 14.8. The summed E-state index contributed by atoms with van der Waals surface area (Å²) in [5, 5.41) is 11.2. The summed E-state index contributed by atoms with van der Waals surface area (Å²) in [6.45, 7) is 2.18. The van der Waals surface area contributed by atoms with Crippen LogP contribution in [-0.2, 0) is 16.5 Å². The van der Waals surface area contributed by atoms with Crippen LogP contribution in [0.2, 0.25) is 0 Å². The van der Waals surface area contributed by atoms with Gasteiger partial charge in [0.15, 0.2) is 0 Å². The Kier molecular flexibility index (Phi) is 6.34. The lowest BCUT2D eigenvalue weighted by molar-refractivity contribution is -0.385. The van der Waals surface area contributed by atoms with Gasteiger partial charge in [-0.05, 0) is 36.8 Å². The van der Waals surface area contributed by atoms with E-state index in [1.54, 1.807) is 0 Å². The van der Waals surface area contributed by atoms with E-state index in [1.807, 2.05) is 0 Å². The van der Waals surface area contributed by atoms with Gasteiger partial charge in [0.1, 0.15) is 4.90 Å². The molecule has 0 heterocycles. The molecule has 0 aliphatic heterocycles. The number of hydrogen-bond acceptors (Lipinski definition) is 4. The highest BCUT2D eigenvalue weighted by Gasteiger charge is 2.31. The van der Waals surface area contributed by atoms with Crippen molar-refractivity contribution in [2.45, 2.75) is 75.5 Å². The van der Waals surface area contributed by atoms with Crippen molar-refractivity contribution in [3.63, 3.8) is 0 Å². The standard InChI is InChI=1S/C17H25NO5S/c1-2-3-4-5-6-7-8-13-9-10-15-16(13)11-14(24(21,22)23)12-17(15)18(19)20/h11-13H,2-10H2,1H3,(H,21,22,23). The first-order valence-electron chi connectivity index (χ1n) is 8.63. The number of hydrogen-bond donors (Lipinski definition) is 1. The summed E-state index contributed by atoms with van der Waals surface area (Å²) in [5.74, 6) is 0.145. The van der Waals surface area contributed by atoms with E-state index >= 15 is 0 Å². The Bertz CT molecular complexity index is 699. The van der Waals surface area contributed by atoms with Crippen LogP contribution in [0, 0.1) is 10.1 Å². The fourth-order valence-electron chi connectivity index (χ4n) is 3.55. The van der Waals surface area contributed by atoms with E-state index in [9.17, 15) is 23.1 Å². The minimum atomic E-state index is -4.44. The second-order valence-corrected chi connectivity index (χ2v) is 7.96. The molecule has 0 fully saturated rings. The van der Waals surface area contributed by atoms with Gasteiger partial charge in [-0.2, -0.15) is 8.42 Å². The molecule has 1 unspecified atom stereocenters.